The van der Waals surface area contributed by atoms with Gasteiger partial charge < -0.3 is 14.4 Å². The number of aromatic carboxylic acids is 1. The van der Waals surface area contributed by atoms with Crippen LogP contribution in [0.5, 0.6) is 11.6 Å². The number of carboxylic acids is 1. The lowest BCUT2D eigenvalue weighted by Gasteiger charge is -2.20. The number of benzene rings is 2. The highest BCUT2D eigenvalue weighted by Gasteiger charge is 2.23. The second-order valence-electron chi connectivity index (χ2n) is 5.78. The Balaban J connectivity index is 2.30. The van der Waals surface area contributed by atoms with Crippen LogP contribution in [0.25, 0.3) is 11.3 Å². The van der Waals surface area contributed by atoms with E-state index in [0.717, 1.165) is 6.07 Å². The molecule has 0 spiro atoms. The van der Waals surface area contributed by atoms with Crippen LogP contribution in [0.15, 0.2) is 53.3 Å². The number of hydrogen-bond acceptors (Lipinski definition) is 3. The van der Waals surface area contributed by atoms with Gasteiger partial charge in [0.1, 0.15) is 5.56 Å². The smallest absolute Gasteiger partial charge is 0.341 e. The number of ether oxygens (including phenoxy) is 1. The van der Waals surface area contributed by atoms with Gasteiger partial charge in [0.15, 0.2) is 11.6 Å². The van der Waals surface area contributed by atoms with Crippen molar-refractivity contribution in [3.63, 3.8) is 0 Å². The first-order chi connectivity index (χ1) is 13.3. The standard InChI is InChI=1S/C20H14Cl2FNO4/c1-2-24-17(28-16-6-4-3-5-14(16)23)10-15(25)18(20(26)27)19(24)11-7-8-12(21)13(22)9-11/h3-10H,2H2,1H3,(H,26,27). The Bertz CT molecular complexity index is 1130. The zero-order valence-corrected chi connectivity index (χ0v) is 16.1. The van der Waals surface area contributed by atoms with E-state index in [1.54, 1.807) is 19.1 Å². The Morgan fingerprint density at radius 3 is 2.46 bits per heavy atom. The average Bonchev–Trinajstić information content (AvgIpc) is 2.65. The van der Waals surface area contributed by atoms with E-state index in [0.29, 0.717) is 5.56 Å². The van der Waals surface area contributed by atoms with Crippen molar-refractivity contribution in [1.82, 2.24) is 4.57 Å². The molecule has 1 N–H and O–H groups in total. The zero-order chi connectivity index (χ0) is 20.4. The summed E-state index contributed by atoms with van der Waals surface area (Å²) < 4.78 is 21.1. The monoisotopic (exact) mass is 421 g/mol. The summed E-state index contributed by atoms with van der Waals surface area (Å²) in [7, 11) is 0. The fourth-order valence-electron chi connectivity index (χ4n) is 2.81. The summed E-state index contributed by atoms with van der Waals surface area (Å²) in [5.41, 5.74) is -0.761. The van der Waals surface area contributed by atoms with Gasteiger partial charge in [-0.3, -0.25) is 4.79 Å². The molecule has 3 rings (SSSR count). The quantitative estimate of drug-likeness (QED) is 0.592. The molecule has 0 fully saturated rings. The maximum Gasteiger partial charge on any atom is 0.341 e. The molecule has 0 aliphatic rings. The fourth-order valence-corrected chi connectivity index (χ4v) is 3.11. The molecule has 0 bridgehead atoms. The van der Waals surface area contributed by atoms with Crippen LogP contribution in [0.2, 0.25) is 10.0 Å². The first-order valence-corrected chi connectivity index (χ1v) is 8.98. The van der Waals surface area contributed by atoms with Crippen molar-refractivity contribution in [2.24, 2.45) is 0 Å². The molecule has 5 nitrogen and oxygen atoms in total. The van der Waals surface area contributed by atoms with Gasteiger partial charge in [0.05, 0.1) is 15.7 Å². The van der Waals surface area contributed by atoms with Gasteiger partial charge in [0.2, 0.25) is 11.3 Å². The Morgan fingerprint density at radius 2 is 1.86 bits per heavy atom. The summed E-state index contributed by atoms with van der Waals surface area (Å²) in [5.74, 6) is -2.10. The predicted molar refractivity (Wildman–Crippen MR) is 105 cm³/mol. The molecule has 0 saturated carbocycles. The van der Waals surface area contributed by atoms with Crippen LogP contribution in [0.3, 0.4) is 0 Å². The van der Waals surface area contributed by atoms with Gasteiger partial charge >= 0.3 is 5.97 Å². The third-order valence-electron chi connectivity index (χ3n) is 4.05. The summed E-state index contributed by atoms with van der Waals surface area (Å²) in [6, 6.07) is 11.2. The zero-order valence-electron chi connectivity index (χ0n) is 14.6. The van der Waals surface area contributed by atoms with Crippen molar-refractivity contribution in [2.75, 3.05) is 0 Å². The van der Waals surface area contributed by atoms with Crippen LogP contribution < -0.4 is 10.2 Å². The van der Waals surface area contributed by atoms with Crippen LogP contribution in [0, 0.1) is 5.82 Å². The van der Waals surface area contributed by atoms with E-state index in [4.69, 9.17) is 27.9 Å². The average molecular weight is 422 g/mol. The Hall–Kier alpha value is -2.83. The molecule has 1 aromatic heterocycles. The molecule has 0 saturated heterocycles. The molecule has 8 heteroatoms. The van der Waals surface area contributed by atoms with Gasteiger partial charge in [-0.15, -0.1) is 0 Å². The molecule has 1 heterocycles. The van der Waals surface area contributed by atoms with Gasteiger partial charge in [0, 0.05) is 18.2 Å². The van der Waals surface area contributed by atoms with Crippen LogP contribution in [-0.4, -0.2) is 15.6 Å². The molecular weight excluding hydrogens is 408 g/mol. The SMILES string of the molecule is CCn1c(Oc2ccccc2F)cc(=O)c(C(=O)O)c1-c1ccc(Cl)c(Cl)c1. The number of carbonyl (C=O) groups is 1. The lowest BCUT2D eigenvalue weighted by atomic mass is 10.0. The number of pyridine rings is 1. The Morgan fingerprint density at radius 1 is 1.14 bits per heavy atom. The number of rotatable bonds is 5. The largest absolute Gasteiger partial charge is 0.477 e. The van der Waals surface area contributed by atoms with Crippen molar-refractivity contribution < 1.29 is 19.0 Å². The third-order valence-corrected chi connectivity index (χ3v) is 4.79. The van der Waals surface area contributed by atoms with Crippen LogP contribution in [0.4, 0.5) is 4.39 Å². The normalized spacial score (nSPS) is 10.7. The molecule has 0 unspecified atom stereocenters. The maximum absolute atomic E-state index is 14.0. The maximum atomic E-state index is 14.0. The van der Waals surface area contributed by atoms with E-state index in [1.165, 1.54) is 34.9 Å². The van der Waals surface area contributed by atoms with Gasteiger partial charge in [-0.1, -0.05) is 41.4 Å². The second-order valence-corrected chi connectivity index (χ2v) is 6.60. The first kappa shape index (κ1) is 19.9. The summed E-state index contributed by atoms with van der Waals surface area (Å²) in [6.07, 6.45) is 0. The first-order valence-electron chi connectivity index (χ1n) is 8.22. The molecule has 3 aromatic rings. The third kappa shape index (κ3) is 3.74. The van der Waals surface area contributed by atoms with Crippen molar-refractivity contribution in [2.45, 2.75) is 13.5 Å². The van der Waals surface area contributed by atoms with E-state index in [2.05, 4.69) is 0 Å². The molecule has 0 amide bonds. The fraction of sp³-hybridized carbons (Fsp3) is 0.100. The highest BCUT2D eigenvalue weighted by atomic mass is 35.5. The number of nitrogens with zero attached hydrogens (tertiary/aromatic N) is 1. The van der Waals surface area contributed by atoms with Gasteiger partial charge in [-0.2, -0.15) is 0 Å². The molecule has 0 aliphatic carbocycles. The van der Waals surface area contributed by atoms with Crippen molar-refractivity contribution in [3.8, 4) is 22.9 Å². The number of para-hydroxylation sites is 1. The topological polar surface area (TPSA) is 68.5 Å². The minimum atomic E-state index is -1.40. The van der Waals surface area contributed by atoms with E-state index in [-0.39, 0.29) is 33.9 Å². The number of hydrogen-bond donors (Lipinski definition) is 1. The van der Waals surface area contributed by atoms with E-state index in [1.807, 2.05) is 0 Å². The number of carboxylic acid groups (broad SMARTS) is 1. The molecular formula is C20H14Cl2FNO4. The van der Waals surface area contributed by atoms with Crippen molar-refractivity contribution in [3.05, 3.63) is 80.2 Å². The molecule has 0 aliphatic heterocycles. The highest BCUT2D eigenvalue weighted by Crippen LogP contribution is 2.33. The highest BCUT2D eigenvalue weighted by molar-refractivity contribution is 6.42. The molecule has 0 atom stereocenters. The summed E-state index contributed by atoms with van der Waals surface area (Å²) >= 11 is 12.0. The number of aromatic nitrogens is 1. The predicted octanol–water partition coefficient (Wildman–Crippen LogP) is 5.47. The molecule has 144 valence electrons. The number of halogens is 3. The summed E-state index contributed by atoms with van der Waals surface area (Å²) in [5, 5.41) is 10.1. The van der Waals surface area contributed by atoms with Crippen LogP contribution >= 0.6 is 23.2 Å². The van der Waals surface area contributed by atoms with Crippen LogP contribution in [0.1, 0.15) is 17.3 Å². The lowest BCUT2D eigenvalue weighted by molar-refractivity contribution is 0.0695. The van der Waals surface area contributed by atoms with Gasteiger partial charge in [-0.05, 0) is 31.2 Å². The minimum absolute atomic E-state index is 0.00340. The van der Waals surface area contributed by atoms with Crippen LogP contribution in [-0.2, 0) is 6.54 Å². The summed E-state index contributed by atoms with van der Waals surface area (Å²) in [6.45, 7) is 1.99. The van der Waals surface area contributed by atoms with E-state index in [9.17, 15) is 19.1 Å². The van der Waals surface area contributed by atoms with Crippen molar-refractivity contribution in [1.29, 1.82) is 0 Å². The van der Waals surface area contributed by atoms with Gasteiger partial charge in [-0.25, -0.2) is 9.18 Å². The van der Waals surface area contributed by atoms with Crippen molar-refractivity contribution >= 4 is 29.2 Å². The Labute approximate surface area is 169 Å². The molecule has 28 heavy (non-hydrogen) atoms. The molecule has 0 radical (unpaired) electrons. The van der Waals surface area contributed by atoms with Gasteiger partial charge in [0.25, 0.3) is 0 Å². The van der Waals surface area contributed by atoms with E-state index >= 15 is 0 Å². The van der Waals surface area contributed by atoms with E-state index < -0.39 is 22.8 Å². The lowest BCUT2D eigenvalue weighted by Crippen LogP contribution is -2.21. The summed E-state index contributed by atoms with van der Waals surface area (Å²) in [4.78, 5) is 24.3. The minimum Gasteiger partial charge on any atom is -0.477 e. The second kappa shape index (κ2) is 8.04. The molecule has 2 aromatic carbocycles. The Kier molecular flexibility index (Phi) is 5.72.